The Labute approximate surface area is 202 Å². The average Bonchev–Trinajstić information content (AvgIpc) is 3.43. The Morgan fingerprint density at radius 1 is 1.03 bits per heavy atom. The van der Waals surface area contributed by atoms with Crippen molar-refractivity contribution in [3.05, 3.63) is 53.3 Å². The first-order valence-corrected chi connectivity index (χ1v) is 11.8. The molecule has 0 atom stereocenters. The molecule has 2 aromatic rings. The van der Waals surface area contributed by atoms with E-state index in [2.05, 4.69) is 5.10 Å². The van der Waals surface area contributed by atoms with Gasteiger partial charge in [0.2, 0.25) is 0 Å². The second-order valence-electron chi connectivity index (χ2n) is 10.3. The van der Waals surface area contributed by atoms with Gasteiger partial charge in [0, 0.05) is 24.8 Å². The molecule has 10 heteroatoms. The molecule has 10 nitrogen and oxygen atoms in total. The highest BCUT2D eigenvalue weighted by Gasteiger charge is 2.56. The number of hydrogen-bond acceptors (Lipinski definition) is 7. The van der Waals surface area contributed by atoms with Crippen molar-refractivity contribution >= 4 is 23.9 Å². The number of carbonyl (C=O) groups excluding carboxylic acids is 4. The van der Waals surface area contributed by atoms with Crippen molar-refractivity contribution < 1.29 is 28.8 Å². The summed E-state index contributed by atoms with van der Waals surface area (Å²) in [4.78, 5) is 57.6. The molecule has 0 spiro atoms. The summed E-state index contributed by atoms with van der Waals surface area (Å²) in [5.74, 6) is -1.91. The van der Waals surface area contributed by atoms with Crippen LogP contribution >= 0.6 is 0 Å². The number of likely N-dealkylation sites (tertiary alicyclic amines) is 1. The molecule has 184 valence electrons. The zero-order chi connectivity index (χ0) is 25.0. The van der Waals surface area contributed by atoms with Crippen LogP contribution in [-0.4, -0.2) is 62.3 Å². The summed E-state index contributed by atoms with van der Waals surface area (Å²) in [5, 5.41) is 5.04. The van der Waals surface area contributed by atoms with Gasteiger partial charge in [0.05, 0.1) is 28.8 Å². The lowest BCUT2D eigenvalue weighted by atomic mass is 10.00. The second-order valence-corrected chi connectivity index (χ2v) is 10.3. The van der Waals surface area contributed by atoms with E-state index in [1.165, 1.54) is 12.1 Å². The van der Waals surface area contributed by atoms with Crippen molar-refractivity contribution in [1.29, 1.82) is 0 Å². The van der Waals surface area contributed by atoms with Crippen LogP contribution in [0.1, 0.15) is 78.8 Å². The summed E-state index contributed by atoms with van der Waals surface area (Å²) in [5.41, 5.74) is -0.300. The number of amides is 3. The number of aromatic nitrogens is 2. The Morgan fingerprint density at radius 3 is 2.17 bits per heavy atom. The molecule has 1 aromatic carbocycles. The molecule has 35 heavy (non-hydrogen) atoms. The fourth-order valence-corrected chi connectivity index (χ4v) is 4.58. The van der Waals surface area contributed by atoms with Gasteiger partial charge in [-0.05, 0) is 58.6 Å². The van der Waals surface area contributed by atoms with Crippen LogP contribution in [-0.2, 0) is 19.8 Å². The molecule has 3 heterocycles. The zero-order valence-corrected chi connectivity index (χ0v) is 20.0. The largest absolute Gasteiger partial charge is 0.444 e. The van der Waals surface area contributed by atoms with Crippen LogP contribution in [0.15, 0.2) is 36.7 Å². The van der Waals surface area contributed by atoms with E-state index in [0.717, 1.165) is 0 Å². The minimum Gasteiger partial charge on any atom is -0.444 e. The van der Waals surface area contributed by atoms with Crippen molar-refractivity contribution in [2.45, 2.75) is 63.5 Å². The Morgan fingerprint density at radius 2 is 1.63 bits per heavy atom. The molecular weight excluding hydrogens is 452 g/mol. The SMILES string of the molecule is CC(C)(C)OC(=O)N1CCC(n2cc(C3(C(=O)ON4C(=O)c5ccccc5C4=O)CC3)cn2)CC1. The van der Waals surface area contributed by atoms with Crippen LogP contribution in [0.4, 0.5) is 4.79 Å². The van der Waals surface area contributed by atoms with Gasteiger partial charge in [-0.15, -0.1) is 0 Å². The maximum absolute atomic E-state index is 13.1. The van der Waals surface area contributed by atoms with Gasteiger partial charge in [-0.2, -0.15) is 5.10 Å². The molecule has 0 bridgehead atoms. The topological polar surface area (TPSA) is 111 Å². The normalized spacial score (nSPS) is 19.5. The van der Waals surface area contributed by atoms with Crippen LogP contribution in [0, 0.1) is 0 Å². The number of hydroxylamine groups is 2. The standard InChI is InChI=1S/C25H28N4O6/c1-24(2,3)34-23(33)27-12-8-17(9-13-27)28-15-16(14-26-28)25(10-11-25)22(32)35-29-20(30)18-6-4-5-7-19(18)21(29)31/h4-7,14-15,17H,8-13H2,1-3H3. The Kier molecular flexibility index (Phi) is 5.41. The molecule has 1 saturated heterocycles. The highest BCUT2D eigenvalue weighted by Crippen LogP contribution is 2.49. The van der Waals surface area contributed by atoms with Gasteiger partial charge in [0.25, 0.3) is 11.8 Å². The Balaban J connectivity index is 1.22. The quantitative estimate of drug-likeness (QED) is 0.618. The molecule has 3 aliphatic rings. The van der Waals surface area contributed by atoms with Crippen molar-refractivity contribution in [3.8, 4) is 0 Å². The third kappa shape index (κ3) is 4.17. The van der Waals surface area contributed by atoms with E-state index in [1.807, 2.05) is 31.6 Å². The lowest BCUT2D eigenvalue weighted by Crippen LogP contribution is -2.42. The molecule has 1 aliphatic carbocycles. The van der Waals surface area contributed by atoms with E-state index in [9.17, 15) is 19.2 Å². The van der Waals surface area contributed by atoms with E-state index in [4.69, 9.17) is 9.57 Å². The first kappa shape index (κ1) is 23.1. The van der Waals surface area contributed by atoms with Crippen molar-refractivity contribution in [2.75, 3.05) is 13.1 Å². The van der Waals surface area contributed by atoms with Gasteiger partial charge in [0.1, 0.15) is 5.60 Å². The average molecular weight is 481 g/mol. The van der Waals surface area contributed by atoms with E-state index >= 15 is 0 Å². The lowest BCUT2D eigenvalue weighted by Gasteiger charge is -2.33. The van der Waals surface area contributed by atoms with Crippen molar-refractivity contribution in [2.24, 2.45) is 0 Å². The molecule has 1 aromatic heterocycles. The number of carbonyl (C=O) groups is 4. The number of nitrogens with zero attached hydrogens (tertiary/aromatic N) is 4. The molecular formula is C25H28N4O6. The summed E-state index contributed by atoms with van der Waals surface area (Å²) in [6.45, 7) is 6.64. The second kappa shape index (κ2) is 8.21. The highest BCUT2D eigenvalue weighted by molar-refractivity contribution is 6.21. The molecule has 2 fully saturated rings. The van der Waals surface area contributed by atoms with Gasteiger partial charge < -0.3 is 14.5 Å². The third-order valence-electron chi connectivity index (χ3n) is 6.72. The van der Waals surface area contributed by atoms with E-state index in [-0.39, 0.29) is 23.3 Å². The summed E-state index contributed by atoms with van der Waals surface area (Å²) in [6, 6.07) is 6.47. The Bertz CT molecular complexity index is 1170. The third-order valence-corrected chi connectivity index (χ3v) is 6.72. The predicted octanol–water partition coefficient (Wildman–Crippen LogP) is 3.24. The first-order chi connectivity index (χ1) is 16.6. The van der Waals surface area contributed by atoms with Gasteiger partial charge in [0.15, 0.2) is 0 Å². The minimum absolute atomic E-state index is 0.0884. The maximum atomic E-state index is 13.1. The fraction of sp³-hybridized carbons (Fsp3) is 0.480. The van der Waals surface area contributed by atoms with Gasteiger partial charge in [-0.1, -0.05) is 17.2 Å². The number of piperidine rings is 1. The number of imide groups is 1. The van der Waals surface area contributed by atoms with E-state index in [1.54, 1.807) is 23.2 Å². The first-order valence-electron chi connectivity index (χ1n) is 11.8. The molecule has 0 radical (unpaired) electrons. The van der Waals surface area contributed by atoms with E-state index in [0.29, 0.717) is 49.4 Å². The number of ether oxygens (including phenoxy) is 1. The number of benzene rings is 1. The summed E-state index contributed by atoms with van der Waals surface area (Å²) in [6.07, 6.45) is 5.71. The van der Waals surface area contributed by atoms with Crippen molar-refractivity contribution in [3.63, 3.8) is 0 Å². The molecule has 5 rings (SSSR count). The number of hydrogen-bond donors (Lipinski definition) is 0. The minimum atomic E-state index is -0.912. The van der Waals surface area contributed by atoms with Crippen LogP contribution in [0.25, 0.3) is 0 Å². The smallest absolute Gasteiger partial charge is 0.410 e. The molecule has 1 saturated carbocycles. The van der Waals surface area contributed by atoms with Gasteiger partial charge >= 0.3 is 12.1 Å². The Hall–Kier alpha value is -3.69. The maximum Gasteiger partial charge on any atom is 0.410 e. The van der Waals surface area contributed by atoms with Gasteiger partial charge in [-0.25, -0.2) is 9.59 Å². The molecule has 3 amide bonds. The van der Waals surface area contributed by atoms with Crippen LogP contribution < -0.4 is 0 Å². The fourth-order valence-electron chi connectivity index (χ4n) is 4.58. The summed E-state index contributed by atoms with van der Waals surface area (Å²) >= 11 is 0. The van der Waals surface area contributed by atoms with Crippen molar-refractivity contribution in [1.82, 2.24) is 19.7 Å². The van der Waals surface area contributed by atoms with Gasteiger partial charge in [-0.3, -0.25) is 14.3 Å². The van der Waals surface area contributed by atoms with Crippen LogP contribution in [0.3, 0.4) is 0 Å². The highest BCUT2D eigenvalue weighted by atomic mass is 16.7. The zero-order valence-electron chi connectivity index (χ0n) is 20.0. The lowest BCUT2D eigenvalue weighted by molar-refractivity contribution is -0.171. The molecule has 2 aliphatic heterocycles. The van der Waals surface area contributed by atoms with Crippen LogP contribution in [0.5, 0.6) is 0 Å². The number of rotatable bonds is 4. The van der Waals surface area contributed by atoms with E-state index < -0.39 is 28.8 Å². The number of fused-ring (bicyclic) bond motifs is 1. The predicted molar refractivity (Wildman–Crippen MR) is 122 cm³/mol. The molecule has 0 N–H and O–H groups in total. The molecule has 0 unspecified atom stereocenters. The van der Waals surface area contributed by atoms with Crippen LogP contribution in [0.2, 0.25) is 0 Å². The monoisotopic (exact) mass is 480 g/mol. The summed E-state index contributed by atoms with van der Waals surface area (Å²) in [7, 11) is 0. The summed E-state index contributed by atoms with van der Waals surface area (Å²) < 4.78 is 7.28.